The lowest BCUT2D eigenvalue weighted by Crippen LogP contribution is -2.23. The van der Waals surface area contributed by atoms with Crippen LogP contribution in [0.25, 0.3) is 0 Å². The summed E-state index contributed by atoms with van der Waals surface area (Å²) in [4.78, 5) is 1.44. The van der Waals surface area contributed by atoms with Gasteiger partial charge in [0.25, 0.3) is 10.0 Å². The van der Waals surface area contributed by atoms with Crippen LogP contribution < -0.4 is 14.2 Å². The summed E-state index contributed by atoms with van der Waals surface area (Å²) in [6.07, 6.45) is -15.0. The zero-order chi connectivity index (χ0) is 31.1. The summed E-state index contributed by atoms with van der Waals surface area (Å²) in [6, 6.07) is 6.99. The highest BCUT2D eigenvalue weighted by Crippen LogP contribution is 2.40. The molecular formula is C26H21F9N2O4S. The Morgan fingerprint density at radius 1 is 0.786 bits per heavy atom. The van der Waals surface area contributed by atoms with Crippen LogP contribution in [-0.2, 0) is 28.6 Å². The first-order valence-corrected chi connectivity index (χ1v) is 13.5. The number of nitrogens with one attached hydrogen (secondary N) is 1. The number of halogens is 9. The number of anilines is 1. The second-order valence-electron chi connectivity index (χ2n) is 9.42. The van der Waals surface area contributed by atoms with Crippen LogP contribution in [0.2, 0.25) is 0 Å². The molecule has 0 saturated carbocycles. The third-order valence-electron chi connectivity index (χ3n) is 6.11. The number of likely N-dealkylation sites (tertiary alicyclic amines) is 1. The number of likely N-dealkylation sites (N-methyl/N-ethyl adjacent to an activating group) is 1. The van der Waals surface area contributed by atoms with Gasteiger partial charge in [0.2, 0.25) is 0 Å². The molecule has 228 valence electrons. The van der Waals surface area contributed by atoms with Gasteiger partial charge in [-0.15, -0.1) is 0 Å². The Morgan fingerprint density at radius 2 is 1.38 bits per heavy atom. The van der Waals surface area contributed by atoms with E-state index in [-0.39, 0.29) is 17.5 Å². The molecule has 6 nitrogen and oxygen atoms in total. The maximum atomic E-state index is 13.5. The molecule has 3 aromatic carbocycles. The number of hydrogen-bond donors (Lipinski definition) is 1. The normalized spacial score (nSPS) is 16.9. The van der Waals surface area contributed by atoms with E-state index in [1.165, 1.54) is 0 Å². The topological polar surface area (TPSA) is 67.9 Å². The standard InChI is InChI=1S/C26H21F9N2O4S/c1-37-9-8-19(14-37)41-23-13-17(2-7-22(23)26(33,34)35)36-42(38,39)21-5-3-18(4-6-21)40-20-11-15(24(27,28)29)10-16(12-20)25(30,31)32/h2-7,10-13,19,36H,8-9,14H2,1H3/t19-/m1/s1. The van der Waals surface area contributed by atoms with Gasteiger partial charge >= 0.3 is 18.5 Å². The number of sulfonamides is 1. The molecule has 1 fully saturated rings. The fourth-order valence-corrected chi connectivity index (χ4v) is 5.16. The molecule has 42 heavy (non-hydrogen) atoms. The minimum Gasteiger partial charge on any atom is -0.488 e. The molecule has 3 aromatic rings. The molecule has 0 bridgehead atoms. The molecule has 1 N–H and O–H groups in total. The zero-order valence-electron chi connectivity index (χ0n) is 21.4. The van der Waals surface area contributed by atoms with Gasteiger partial charge in [-0.25, -0.2) is 8.42 Å². The quantitative estimate of drug-likeness (QED) is 0.276. The van der Waals surface area contributed by atoms with Crippen molar-refractivity contribution in [2.75, 3.05) is 24.9 Å². The third-order valence-corrected chi connectivity index (χ3v) is 7.51. The maximum absolute atomic E-state index is 13.5. The molecular weight excluding hydrogens is 607 g/mol. The van der Waals surface area contributed by atoms with Gasteiger partial charge in [-0.2, -0.15) is 39.5 Å². The monoisotopic (exact) mass is 628 g/mol. The minimum absolute atomic E-state index is 0.0713. The number of nitrogens with zero attached hydrogens (tertiary/aromatic N) is 1. The Bertz CT molecular complexity index is 1510. The lowest BCUT2D eigenvalue weighted by molar-refractivity contribution is -0.143. The predicted octanol–water partition coefficient (Wildman–Crippen LogP) is 7.42. The summed E-state index contributed by atoms with van der Waals surface area (Å²) in [5.74, 6) is -1.64. The third kappa shape index (κ3) is 7.59. The highest BCUT2D eigenvalue weighted by atomic mass is 32.2. The highest BCUT2D eigenvalue weighted by Gasteiger charge is 2.38. The van der Waals surface area contributed by atoms with Gasteiger partial charge in [0.05, 0.1) is 27.3 Å². The Hall–Kier alpha value is -3.66. The minimum atomic E-state index is -5.10. The largest absolute Gasteiger partial charge is 0.488 e. The molecule has 1 aliphatic rings. The van der Waals surface area contributed by atoms with Crippen molar-refractivity contribution in [3.63, 3.8) is 0 Å². The van der Waals surface area contributed by atoms with Gasteiger partial charge < -0.3 is 14.4 Å². The van der Waals surface area contributed by atoms with Gasteiger partial charge in [-0.05, 0) is 68.1 Å². The second-order valence-corrected chi connectivity index (χ2v) is 11.1. The molecule has 1 heterocycles. The lowest BCUT2D eigenvalue weighted by Gasteiger charge is -2.19. The Balaban J connectivity index is 1.55. The SMILES string of the molecule is CN1CC[C@@H](Oc2cc(NS(=O)(=O)c3ccc(Oc4cc(C(F)(F)F)cc(C(F)(F)F)c4)cc3)ccc2C(F)(F)F)C1. The molecule has 0 unspecified atom stereocenters. The number of alkyl halides is 9. The number of rotatable bonds is 7. The van der Waals surface area contributed by atoms with E-state index in [2.05, 4.69) is 4.72 Å². The number of ether oxygens (including phenoxy) is 2. The molecule has 0 aromatic heterocycles. The molecule has 1 aliphatic heterocycles. The van der Waals surface area contributed by atoms with Gasteiger partial charge in [0, 0.05) is 19.2 Å². The van der Waals surface area contributed by atoms with E-state index in [9.17, 15) is 47.9 Å². The van der Waals surface area contributed by atoms with Crippen LogP contribution in [0, 0.1) is 0 Å². The van der Waals surface area contributed by atoms with Crippen molar-refractivity contribution in [2.24, 2.45) is 0 Å². The summed E-state index contributed by atoms with van der Waals surface area (Å²) in [5.41, 5.74) is -4.54. The van der Waals surface area contributed by atoms with E-state index >= 15 is 0 Å². The fraction of sp³-hybridized carbons (Fsp3) is 0.308. The first-order chi connectivity index (χ1) is 19.3. The van der Waals surface area contributed by atoms with Crippen molar-refractivity contribution in [2.45, 2.75) is 35.9 Å². The van der Waals surface area contributed by atoms with Crippen molar-refractivity contribution >= 4 is 15.7 Å². The van der Waals surface area contributed by atoms with Crippen LogP contribution >= 0.6 is 0 Å². The summed E-state index contributed by atoms with van der Waals surface area (Å²) < 4.78 is 158. The van der Waals surface area contributed by atoms with Crippen molar-refractivity contribution < 1.29 is 57.4 Å². The van der Waals surface area contributed by atoms with Crippen LogP contribution in [0.1, 0.15) is 23.1 Å². The van der Waals surface area contributed by atoms with Crippen molar-refractivity contribution in [3.8, 4) is 17.2 Å². The first kappa shape index (κ1) is 31.3. The van der Waals surface area contributed by atoms with E-state index in [1.807, 2.05) is 4.90 Å². The van der Waals surface area contributed by atoms with E-state index in [1.54, 1.807) is 7.05 Å². The van der Waals surface area contributed by atoms with Crippen molar-refractivity contribution in [3.05, 3.63) is 77.4 Å². The zero-order valence-corrected chi connectivity index (χ0v) is 22.2. The van der Waals surface area contributed by atoms with E-state index in [0.29, 0.717) is 37.7 Å². The lowest BCUT2D eigenvalue weighted by atomic mass is 10.1. The van der Waals surface area contributed by atoms with Gasteiger partial charge in [0.1, 0.15) is 23.4 Å². The highest BCUT2D eigenvalue weighted by molar-refractivity contribution is 7.92. The van der Waals surface area contributed by atoms with E-state index < -0.39 is 67.7 Å². The average molecular weight is 629 g/mol. The maximum Gasteiger partial charge on any atom is 0.419 e. The average Bonchev–Trinajstić information content (AvgIpc) is 3.26. The molecule has 0 amide bonds. The van der Waals surface area contributed by atoms with E-state index in [0.717, 1.165) is 36.4 Å². The molecule has 1 saturated heterocycles. The fourth-order valence-electron chi connectivity index (χ4n) is 4.11. The molecule has 0 spiro atoms. The van der Waals surface area contributed by atoms with Gasteiger partial charge in [-0.3, -0.25) is 4.72 Å². The van der Waals surface area contributed by atoms with Crippen molar-refractivity contribution in [1.29, 1.82) is 0 Å². The Labute approximate surface area is 233 Å². The Morgan fingerprint density at radius 3 is 1.88 bits per heavy atom. The smallest absolute Gasteiger partial charge is 0.419 e. The van der Waals surface area contributed by atoms with E-state index in [4.69, 9.17) is 9.47 Å². The first-order valence-electron chi connectivity index (χ1n) is 12.0. The second kappa shape index (κ2) is 11.2. The van der Waals surface area contributed by atoms with Crippen LogP contribution in [0.3, 0.4) is 0 Å². The van der Waals surface area contributed by atoms with Crippen LogP contribution in [-0.4, -0.2) is 39.6 Å². The molecule has 0 aliphatic carbocycles. The van der Waals surface area contributed by atoms with Crippen LogP contribution in [0.5, 0.6) is 17.2 Å². The summed E-state index contributed by atoms with van der Waals surface area (Å²) in [7, 11) is -2.63. The summed E-state index contributed by atoms with van der Waals surface area (Å²) >= 11 is 0. The van der Waals surface area contributed by atoms with Crippen molar-refractivity contribution in [1.82, 2.24) is 4.90 Å². The van der Waals surface area contributed by atoms with Crippen LogP contribution in [0.15, 0.2) is 65.6 Å². The number of benzene rings is 3. The predicted molar refractivity (Wildman–Crippen MR) is 132 cm³/mol. The Kier molecular flexibility index (Phi) is 8.34. The summed E-state index contributed by atoms with van der Waals surface area (Å²) in [6.45, 7) is 0.981. The summed E-state index contributed by atoms with van der Waals surface area (Å²) in [5, 5.41) is 0. The van der Waals surface area contributed by atoms with Gasteiger partial charge in [0.15, 0.2) is 0 Å². The molecule has 16 heteroatoms. The molecule has 0 radical (unpaired) electrons. The van der Waals surface area contributed by atoms with Gasteiger partial charge in [-0.1, -0.05) is 0 Å². The number of hydrogen-bond acceptors (Lipinski definition) is 5. The molecule has 1 atom stereocenters. The van der Waals surface area contributed by atoms with Crippen LogP contribution in [0.4, 0.5) is 45.2 Å². The molecule has 4 rings (SSSR count).